The molecule has 2 aromatic carbocycles. The van der Waals surface area contributed by atoms with E-state index < -0.39 is 17.4 Å². The number of ether oxygens (including phenoxy) is 1. The lowest BCUT2D eigenvalue weighted by Gasteiger charge is -2.17. The van der Waals surface area contributed by atoms with E-state index in [0.717, 1.165) is 17.7 Å². The minimum atomic E-state index is -0.582. The van der Waals surface area contributed by atoms with Crippen LogP contribution in [0, 0.1) is 0 Å². The van der Waals surface area contributed by atoms with Gasteiger partial charge in [-0.2, -0.15) is 5.10 Å². The first-order chi connectivity index (χ1) is 14.1. The molecule has 1 saturated carbocycles. The van der Waals surface area contributed by atoms with Crippen LogP contribution in [0.2, 0.25) is 0 Å². The summed E-state index contributed by atoms with van der Waals surface area (Å²) < 4.78 is 6.86. The molecule has 0 aliphatic heterocycles. The number of carbonyl (C=O) groups is 1. The number of aliphatic hydroxyl groups excluding tert-OH is 1. The fourth-order valence-corrected chi connectivity index (χ4v) is 3.76. The molecular weight excluding hydrogens is 370 g/mol. The lowest BCUT2D eigenvalue weighted by molar-refractivity contribution is 0.0865. The van der Waals surface area contributed by atoms with Crippen LogP contribution < -0.4 is 15.5 Å². The lowest BCUT2D eigenvalue weighted by atomic mass is 10.1. The molecule has 7 nitrogen and oxygen atoms in total. The van der Waals surface area contributed by atoms with Crippen LogP contribution >= 0.6 is 0 Å². The van der Waals surface area contributed by atoms with Gasteiger partial charge in [-0.25, -0.2) is 0 Å². The second-order valence-corrected chi connectivity index (χ2v) is 7.28. The van der Waals surface area contributed by atoms with E-state index >= 15 is 0 Å². The van der Waals surface area contributed by atoms with Crippen LogP contribution in [0.25, 0.3) is 10.9 Å². The van der Waals surface area contributed by atoms with Gasteiger partial charge in [0.1, 0.15) is 5.75 Å². The van der Waals surface area contributed by atoms with Crippen molar-refractivity contribution in [2.75, 3.05) is 7.11 Å². The van der Waals surface area contributed by atoms with Gasteiger partial charge in [-0.15, -0.1) is 0 Å². The van der Waals surface area contributed by atoms with Crippen molar-refractivity contribution in [1.82, 2.24) is 15.1 Å². The van der Waals surface area contributed by atoms with Crippen molar-refractivity contribution in [3.8, 4) is 5.75 Å². The van der Waals surface area contributed by atoms with Gasteiger partial charge in [-0.1, -0.05) is 24.3 Å². The number of carbonyl (C=O) groups excluding carboxylic acids is 1. The van der Waals surface area contributed by atoms with Gasteiger partial charge in [0, 0.05) is 5.39 Å². The van der Waals surface area contributed by atoms with E-state index in [1.807, 2.05) is 36.4 Å². The predicted molar refractivity (Wildman–Crippen MR) is 109 cm³/mol. The Kier molecular flexibility index (Phi) is 5.31. The van der Waals surface area contributed by atoms with Gasteiger partial charge < -0.3 is 15.2 Å². The van der Waals surface area contributed by atoms with Crippen molar-refractivity contribution in [3.63, 3.8) is 0 Å². The maximum atomic E-state index is 12.9. The highest BCUT2D eigenvalue weighted by atomic mass is 16.5. The molecule has 1 heterocycles. The molecule has 4 rings (SSSR count). The van der Waals surface area contributed by atoms with Crippen LogP contribution in [0.5, 0.6) is 5.75 Å². The highest BCUT2D eigenvalue weighted by Crippen LogP contribution is 2.19. The number of amides is 1. The van der Waals surface area contributed by atoms with Crippen molar-refractivity contribution in [1.29, 1.82) is 0 Å². The minimum absolute atomic E-state index is 0.156. The Labute approximate surface area is 167 Å². The van der Waals surface area contributed by atoms with Gasteiger partial charge >= 0.3 is 0 Å². The second-order valence-electron chi connectivity index (χ2n) is 7.28. The molecule has 29 heavy (non-hydrogen) atoms. The zero-order chi connectivity index (χ0) is 20.4. The number of fused-ring (bicyclic) bond motifs is 1. The van der Waals surface area contributed by atoms with E-state index in [4.69, 9.17) is 4.74 Å². The number of rotatable bonds is 5. The molecule has 3 aromatic rings. The Balaban J connectivity index is 1.72. The summed E-state index contributed by atoms with van der Waals surface area (Å²) in [5, 5.41) is 17.6. The smallest absolute Gasteiger partial charge is 0.276 e. The molecule has 1 aliphatic carbocycles. The SMILES string of the molecule is COc1ccc(Cn2nc(C(=O)NC3CCCC3O)c(=O)c3ccccc32)cc1. The third kappa shape index (κ3) is 3.86. The van der Waals surface area contributed by atoms with Gasteiger partial charge in [-0.05, 0) is 49.1 Å². The highest BCUT2D eigenvalue weighted by molar-refractivity contribution is 5.95. The topological polar surface area (TPSA) is 93.5 Å². The Bertz CT molecular complexity index is 1090. The Hall–Kier alpha value is -3.19. The zero-order valence-electron chi connectivity index (χ0n) is 16.2. The molecule has 2 N–H and O–H groups in total. The molecule has 1 amide bonds. The average Bonchev–Trinajstić information content (AvgIpc) is 3.15. The summed E-state index contributed by atoms with van der Waals surface area (Å²) in [4.78, 5) is 25.7. The van der Waals surface area contributed by atoms with Crippen molar-refractivity contribution < 1.29 is 14.6 Å². The molecule has 0 spiro atoms. The normalized spacial score (nSPS) is 18.7. The predicted octanol–water partition coefficient (Wildman–Crippen LogP) is 2.10. The number of aliphatic hydroxyl groups is 1. The van der Waals surface area contributed by atoms with Gasteiger partial charge in [-0.3, -0.25) is 14.3 Å². The number of methoxy groups -OCH3 is 1. The Morgan fingerprint density at radius 1 is 1.21 bits per heavy atom. The minimum Gasteiger partial charge on any atom is -0.497 e. The molecule has 2 unspecified atom stereocenters. The maximum absolute atomic E-state index is 12.9. The molecular formula is C22H23N3O4. The number of nitrogens with one attached hydrogen (secondary N) is 1. The monoisotopic (exact) mass is 393 g/mol. The third-order valence-electron chi connectivity index (χ3n) is 5.36. The highest BCUT2D eigenvalue weighted by Gasteiger charge is 2.28. The van der Waals surface area contributed by atoms with Crippen LogP contribution in [-0.2, 0) is 6.54 Å². The van der Waals surface area contributed by atoms with Crippen LogP contribution in [0.1, 0.15) is 35.3 Å². The zero-order valence-corrected chi connectivity index (χ0v) is 16.2. The Morgan fingerprint density at radius 2 is 1.97 bits per heavy atom. The number of hydrogen-bond acceptors (Lipinski definition) is 5. The van der Waals surface area contributed by atoms with E-state index in [1.165, 1.54) is 0 Å². The van der Waals surface area contributed by atoms with Crippen molar-refractivity contribution in [3.05, 3.63) is 70.0 Å². The average molecular weight is 393 g/mol. The Morgan fingerprint density at radius 3 is 2.66 bits per heavy atom. The molecule has 0 radical (unpaired) electrons. The summed E-state index contributed by atoms with van der Waals surface area (Å²) in [7, 11) is 1.61. The third-order valence-corrected chi connectivity index (χ3v) is 5.36. The fourth-order valence-electron chi connectivity index (χ4n) is 3.76. The second kappa shape index (κ2) is 8.05. The quantitative estimate of drug-likeness (QED) is 0.692. The summed E-state index contributed by atoms with van der Waals surface area (Å²) in [6, 6.07) is 14.3. The summed E-state index contributed by atoms with van der Waals surface area (Å²) in [5.41, 5.74) is 1.06. The van der Waals surface area contributed by atoms with Crippen LogP contribution in [0.3, 0.4) is 0 Å². The van der Waals surface area contributed by atoms with Crippen molar-refractivity contribution >= 4 is 16.8 Å². The summed E-state index contributed by atoms with van der Waals surface area (Å²) in [6.07, 6.45) is 1.61. The molecule has 1 aromatic heterocycles. The first-order valence-corrected chi connectivity index (χ1v) is 9.68. The molecule has 0 bridgehead atoms. The number of hydrogen-bond donors (Lipinski definition) is 2. The van der Waals surface area contributed by atoms with Crippen molar-refractivity contribution in [2.45, 2.75) is 38.0 Å². The summed E-state index contributed by atoms with van der Waals surface area (Å²) in [6.45, 7) is 0.400. The van der Waals surface area contributed by atoms with Gasteiger partial charge in [0.2, 0.25) is 5.43 Å². The fraction of sp³-hybridized carbons (Fsp3) is 0.318. The molecule has 150 valence electrons. The van der Waals surface area contributed by atoms with Crippen LogP contribution in [0.15, 0.2) is 53.3 Å². The van der Waals surface area contributed by atoms with Crippen LogP contribution in [-0.4, -0.2) is 40.0 Å². The first-order valence-electron chi connectivity index (χ1n) is 9.68. The lowest BCUT2D eigenvalue weighted by Crippen LogP contribution is -2.42. The molecule has 0 saturated heterocycles. The number of benzene rings is 2. The molecule has 7 heteroatoms. The summed E-state index contributed by atoms with van der Waals surface area (Å²) >= 11 is 0. The molecule has 1 aliphatic rings. The first kappa shape index (κ1) is 19.1. The standard InChI is InChI=1S/C22H23N3O4/c1-29-15-11-9-14(10-12-15)13-25-18-7-3-2-5-16(18)21(27)20(24-25)22(28)23-17-6-4-8-19(17)26/h2-3,5,7,9-12,17,19,26H,4,6,8,13H2,1H3,(H,23,28). The van der Waals surface area contributed by atoms with E-state index in [2.05, 4.69) is 10.4 Å². The number of nitrogens with zero attached hydrogens (tertiary/aromatic N) is 2. The van der Waals surface area contributed by atoms with Gasteiger partial charge in [0.25, 0.3) is 5.91 Å². The molecule has 1 fully saturated rings. The number of para-hydroxylation sites is 1. The van der Waals surface area contributed by atoms with Gasteiger partial charge in [0.05, 0.1) is 31.3 Å². The van der Waals surface area contributed by atoms with E-state index in [9.17, 15) is 14.7 Å². The van der Waals surface area contributed by atoms with E-state index in [1.54, 1.807) is 23.9 Å². The molecule has 2 atom stereocenters. The van der Waals surface area contributed by atoms with E-state index in [0.29, 0.717) is 30.3 Å². The van der Waals surface area contributed by atoms with Gasteiger partial charge in [0.15, 0.2) is 5.69 Å². The maximum Gasteiger partial charge on any atom is 0.276 e. The van der Waals surface area contributed by atoms with Crippen LogP contribution in [0.4, 0.5) is 0 Å². The largest absolute Gasteiger partial charge is 0.497 e. The van der Waals surface area contributed by atoms with Crippen molar-refractivity contribution in [2.24, 2.45) is 0 Å². The number of aromatic nitrogens is 2. The summed E-state index contributed by atoms with van der Waals surface area (Å²) in [5.74, 6) is 0.205. The van der Waals surface area contributed by atoms with E-state index in [-0.39, 0.29) is 11.7 Å².